The molecule has 0 radical (unpaired) electrons. The first-order chi connectivity index (χ1) is 9.02. The zero-order valence-corrected chi connectivity index (χ0v) is 11.3. The van der Waals surface area contributed by atoms with Gasteiger partial charge >= 0.3 is 5.97 Å². The molecule has 1 aromatic rings. The van der Waals surface area contributed by atoms with Gasteiger partial charge in [-0.15, -0.1) is 0 Å². The third kappa shape index (κ3) is 5.83. The van der Waals surface area contributed by atoms with Gasteiger partial charge in [-0.05, 0) is 49.3 Å². The summed E-state index contributed by atoms with van der Waals surface area (Å²) < 4.78 is 13.4. The number of benzene rings is 1. The average molecular weight is 267 g/mol. The fraction of sp³-hybridized carbons (Fsp3) is 0.533. The third-order valence-corrected chi connectivity index (χ3v) is 3.40. The van der Waals surface area contributed by atoms with Gasteiger partial charge in [0.2, 0.25) is 0 Å². The molecule has 0 bridgehead atoms. The lowest BCUT2D eigenvalue weighted by molar-refractivity contribution is -0.138. The summed E-state index contributed by atoms with van der Waals surface area (Å²) in [5, 5.41) is 8.77. The molecular formula is C15H22FNO2. The van der Waals surface area contributed by atoms with Crippen LogP contribution in [0.4, 0.5) is 4.39 Å². The zero-order chi connectivity index (χ0) is 14.3. The molecule has 0 heterocycles. The predicted molar refractivity (Wildman–Crippen MR) is 73.3 cm³/mol. The minimum Gasteiger partial charge on any atom is -0.481 e. The van der Waals surface area contributed by atoms with E-state index in [9.17, 15) is 9.18 Å². The van der Waals surface area contributed by atoms with E-state index >= 15 is 0 Å². The molecule has 0 fully saturated rings. The van der Waals surface area contributed by atoms with Gasteiger partial charge in [0.15, 0.2) is 0 Å². The Balaban J connectivity index is 2.40. The van der Waals surface area contributed by atoms with E-state index in [2.05, 4.69) is 6.92 Å². The number of nitrogens with two attached hydrogens (primary N) is 1. The number of aliphatic carboxylic acids is 1. The standard InChI is InChI=1S/C15H22FNO2/c1-11(8-12(10-17)9-15(18)19)6-7-13-4-2-3-5-14(13)16/h2-5,11-12H,6-10,17H2,1H3,(H,18,19). The normalized spacial score (nSPS) is 14.1. The molecule has 0 saturated carbocycles. The Morgan fingerprint density at radius 1 is 1.42 bits per heavy atom. The molecule has 2 atom stereocenters. The van der Waals surface area contributed by atoms with Crippen molar-refractivity contribution >= 4 is 5.97 Å². The van der Waals surface area contributed by atoms with E-state index in [-0.39, 0.29) is 18.2 Å². The van der Waals surface area contributed by atoms with Crippen LogP contribution in [-0.2, 0) is 11.2 Å². The molecule has 106 valence electrons. The van der Waals surface area contributed by atoms with Crippen LogP contribution in [0, 0.1) is 17.7 Å². The van der Waals surface area contributed by atoms with Crippen LogP contribution in [0.5, 0.6) is 0 Å². The smallest absolute Gasteiger partial charge is 0.303 e. The van der Waals surface area contributed by atoms with Gasteiger partial charge in [-0.3, -0.25) is 4.79 Å². The van der Waals surface area contributed by atoms with Crippen molar-refractivity contribution in [2.24, 2.45) is 17.6 Å². The predicted octanol–water partition coefficient (Wildman–Crippen LogP) is 2.83. The van der Waals surface area contributed by atoms with Gasteiger partial charge in [0, 0.05) is 6.42 Å². The van der Waals surface area contributed by atoms with Gasteiger partial charge in [-0.1, -0.05) is 25.1 Å². The summed E-state index contributed by atoms with van der Waals surface area (Å²) in [6, 6.07) is 6.77. The molecule has 3 N–H and O–H groups in total. The lowest BCUT2D eigenvalue weighted by Crippen LogP contribution is -2.20. The molecule has 19 heavy (non-hydrogen) atoms. The summed E-state index contributed by atoms with van der Waals surface area (Å²) in [4.78, 5) is 10.7. The number of carbonyl (C=O) groups is 1. The Kier molecular flexibility index (Phi) is 6.50. The summed E-state index contributed by atoms with van der Waals surface area (Å²) in [7, 11) is 0. The van der Waals surface area contributed by atoms with Crippen LogP contribution >= 0.6 is 0 Å². The van der Waals surface area contributed by atoms with Gasteiger partial charge in [0.25, 0.3) is 0 Å². The first-order valence-corrected chi connectivity index (χ1v) is 6.68. The summed E-state index contributed by atoms with van der Waals surface area (Å²) >= 11 is 0. The Morgan fingerprint density at radius 2 is 2.11 bits per heavy atom. The third-order valence-electron chi connectivity index (χ3n) is 3.40. The van der Waals surface area contributed by atoms with Crippen molar-refractivity contribution in [2.45, 2.75) is 32.6 Å². The van der Waals surface area contributed by atoms with E-state index in [1.54, 1.807) is 12.1 Å². The van der Waals surface area contributed by atoms with Crippen molar-refractivity contribution in [1.82, 2.24) is 0 Å². The highest BCUT2D eigenvalue weighted by Gasteiger charge is 2.15. The van der Waals surface area contributed by atoms with Crippen LogP contribution in [0.1, 0.15) is 31.7 Å². The minimum atomic E-state index is -0.809. The van der Waals surface area contributed by atoms with E-state index in [4.69, 9.17) is 10.8 Å². The highest BCUT2D eigenvalue weighted by Crippen LogP contribution is 2.20. The molecule has 1 rings (SSSR count). The molecular weight excluding hydrogens is 245 g/mol. The molecule has 1 aromatic carbocycles. The van der Waals surface area contributed by atoms with Gasteiger partial charge in [0.1, 0.15) is 5.82 Å². The van der Waals surface area contributed by atoms with Crippen molar-refractivity contribution in [3.8, 4) is 0 Å². The molecule has 0 aliphatic rings. The Morgan fingerprint density at radius 3 is 2.68 bits per heavy atom. The van der Waals surface area contributed by atoms with Crippen LogP contribution < -0.4 is 5.73 Å². The first-order valence-electron chi connectivity index (χ1n) is 6.68. The van der Waals surface area contributed by atoms with Gasteiger partial charge in [0.05, 0.1) is 0 Å². The van der Waals surface area contributed by atoms with Crippen LogP contribution in [0.3, 0.4) is 0 Å². The number of hydrogen-bond acceptors (Lipinski definition) is 2. The number of hydrogen-bond donors (Lipinski definition) is 2. The van der Waals surface area contributed by atoms with E-state index in [0.717, 1.165) is 18.4 Å². The fourth-order valence-electron chi connectivity index (χ4n) is 2.30. The quantitative estimate of drug-likeness (QED) is 0.761. The number of halogens is 1. The maximum Gasteiger partial charge on any atom is 0.303 e. The molecule has 3 nitrogen and oxygen atoms in total. The largest absolute Gasteiger partial charge is 0.481 e. The highest BCUT2D eigenvalue weighted by molar-refractivity contribution is 5.67. The number of rotatable bonds is 8. The minimum absolute atomic E-state index is 0.00752. The topological polar surface area (TPSA) is 63.3 Å². The van der Waals surface area contributed by atoms with Gasteiger partial charge in [-0.2, -0.15) is 0 Å². The van der Waals surface area contributed by atoms with E-state index in [1.807, 2.05) is 6.07 Å². The molecule has 0 aliphatic carbocycles. The second-order valence-electron chi connectivity index (χ2n) is 5.17. The molecule has 4 heteroatoms. The van der Waals surface area contributed by atoms with Crippen molar-refractivity contribution in [3.05, 3.63) is 35.6 Å². The second-order valence-corrected chi connectivity index (χ2v) is 5.17. The average Bonchev–Trinajstić information content (AvgIpc) is 2.36. The van der Waals surface area contributed by atoms with E-state index in [1.165, 1.54) is 6.07 Å². The SMILES string of the molecule is CC(CCc1ccccc1F)CC(CN)CC(=O)O. The van der Waals surface area contributed by atoms with Crippen LogP contribution in [0.15, 0.2) is 24.3 Å². The summed E-state index contributed by atoms with van der Waals surface area (Å²) in [6.45, 7) is 2.45. The maximum atomic E-state index is 13.4. The first kappa shape index (κ1) is 15.6. The fourth-order valence-corrected chi connectivity index (χ4v) is 2.30. The molecule has 0 saturated heterocycles. The number of carboxylic acid groups (broad SMARTS) is 1. The molecule has 0 aromatic heterocycles. The second kappa shape index (κ2) is 7.89. The van der Waals surface area contributed by atoms with Crippen LogP contribution in [-0.4, -0.2) is 17.6 Å². The van der Waals surface area contributed by atoms with Crippen LogP contribution in [0.2, 0.25) is 0 Å². The Hall–Kier alpha value is -1.42. The zero-order valence-electron chi connectivity index (χ0n) is 11.3. The summed E-state index contributed by atoms with van der Waals surface area (Å²) in [5.74, 6) is -0.631. The lowest BCUT2D eigenvalue weighted by atomic mass is 9.89. The van der Waals surface area contributed by atoms with Crippen LogP contribution in [0.25, 0.3) is 0 Å². The van der Waals surface area contributed by atoms with Crippen molar-refractivity contribution in [1.29, 1.82) is 0 Å². The number of aryl methyl sites for hydroxylation is 1. The summed E-state index contributed by atoms with van der Waals surface area (Å²) in [5.41, 5.74) is 6.30. The lowest BCUT2D eigenvalue weighted by Gasteiger charge is -2.18. The summed E-state index contributed by atoms with van der Waals surface area (Å²) in [6.07, 6.45) is 2.41. The Labute approximate surface area is 113 Å². The monoisotopic (exact) mass is 267 g/mol. The van der Waals surface area contributed by atoms with Crippen molar-refractivity contribution in [2.75, 3.05) is 6.54 Å². The van der Waals surface area contributed by atoms with Crippen molar-refractivity contribution < 1.29 is 14.3 Å². The van der Waals surface area contributed by atoms with E-state index < -0.39 is 5.97 Å². The highest BCUT2D eigenvalue weighted by atomic mass is 19.1. The molecule has 0 spiro atoms. The van der Waals surface area contributed by atoms with Crippen molar-refractivity contribution in [3.63, 3.8) is 0 Å². The molecule has 0 aliphatic heterocycles. The maximum absolute atomic E-state index is 13.4. The van der Waals surface area contributed by atoms with Gasteiger partial charge in [-0.25, -0.2) is 4.39 Å². The van der Waals surface area contributed by atoms with E-state index in [0.29, 0.717) is 18.9 Å². The number of carboxylic acids is 1. The molecule has 0 amide bonds. The van der Waals surface area contributed by atoms with Gasteiger partial charge < -0.3 is 10.8 Å². The Bertz CT molecular complexity index is 409. The molecule has 2 unspecified atom stereocenters.